The first-order valence-electron chi connectivity index (χ1n) is 6.88. The van der Waals surface area contributed by atoms with Gasteiger partial charge < -0.3 is 5.32 Å². The Morgan fingerprint density at radius 3 is 2.47 bits per heavy atom. The van der Waals surface area contributed by atoms with E-state index in [9.17, 15) is 0 Å². The van der Waals surface area contributed by atoms with Crippen molar-refractivity contribution in [2.45, 2.75) is 39.3 Å². The van der Waals surface area contributed by atoms with Crippen molar-refractivity contribution in [3.05, 3.63) is 65.5 Å². The van der Waals surface area contributed by atoms with Gasteiger partial charge in [0, 0.05) is 18.3 Å². The molecule has 0 bridgehead atoms. The van der Waals surface area contributed by atoms with Gasteiger partial charge in [-0.1, -0.05) is 30.3 Å². The summed E-state index contributed by atoms with van der Waals surface area (Å²) in [6, 6.07) is 15.3. The molecule has 1 heterocycles. The molecular formula is C17H22N2. The predicted octanol–water partition coefficient (Wildman–Crippen LogP) is 3.67. The third-order valence-corrected chi connectivity index (χ3v) is 3.45. The molecule has 1 N–H and O–H groups in total. The van der Waals surface area contributed by atoms with Crippen LogP contribution in [0.15, 0.2) is 48.7 Å². The molecule has 2 heteroatoms. The number of rotatable bonds is 5. The molecule has 0 saturated heterocycles. The molecule has 2 rings (SSSR count). The molecular weight excluding hydrogens is 232 g/mol. The van der Waals surface area contributed by atoms with E-state index in [1.165, 1.54) is 11.1 Å². The maximum atomic E-state index is 4.39. The molecule has 2 atom stereocenters. The van der Waals surface area contributed by atoms with Crippen molar-refractivity contribution in [3.8, 4) is 0 Å². The highest BCUT2D eigenvalue weighted by atomic mass is 15.0. The highest BCUT2D eigenvalue weighted by molar-refractivity contribution is 5.26. The molecule has 0 aliphatic carbocycles. The Morgan fingerprint density at radius 2 is 1.79 bits per heavy atom. The van der Waals surface area contributed by atoms with Gasteiger partial charge in [0.05, 0.1) is 5.69 Å². The van der Waals surface area contributed by atoms with Crippen molar-refractivity contribution in [2.24, 2.45) is 0 Å². The standard InChI is InChI=1S/C17H22N2/c1-13-8-4-5-9-16(13)12-14(2)19-15(3)17-10-6-7-11-18-17/h4-11,14-15,19H,12H2,1-3H3. The molecule has 0 fully saturated rings. The Kier molecular flexibility index (Phi) is 4.69. The highest BCUT2D eigenvalue weighted by Gasteiger charge is 2.11. The maximum Gasteiger partial charge on any atom is 0.0570 e. The molecule has 0 aliphatic heterocycles. The van der Waals surface area contributed by atoms with Crippen LogP contribution in [0.1, 0.15) is 36.7 Å². The van der Waals surface area contributed by atoms with Gasteiger partial charge in [0.2, 0.25) is 0 Å². The van der Waals surface area contributed by atoms with Crippen LogP contribution in [0.2, 0.25) is 0 Å². The molecule has 1 aromatic heterocycles. The van der Waals surface area contributed by atoms with Crippen LogP contribution in [-0.2, 0) is 6.42 Å². The summed E-state index contributed by atoms with van der Waals surface area (Å²) in [6.07, 6.45) is 2.89. The lowest BCUT2D eigenvalue weighted by molar-refractivity contribution is 0.469. The second-order valence-corrected chi connectivity index (χ2v) is 5.17. The number of aryl methyl sites for hydroxylation is 1. The predicted molar refractivity (Wildman–Crippen MR) is 80.1 cm³/mol. The Morgan fingerprint density at radius 1 is 1.05 bits per heavy atom. The first-order chi connectivity index (χ1) is 9.16. The molecule has 2 aromatic rings. The quantitative estimate of drug-likeness (QED) is 0.880. The number of aromatic nitrogens is 1. The van der Waals surface area contributed by atoms with Gasteiger partial charge in [-0.2, -0.15) is 0 Å². The maximum absolute atomic E-state index is 4.39. The van der Waals surface area contributed by atoms with Gasteiger partial charge in [0.25, 0.3) is 0 Å². The molecule has 0 spiro atoms. The molecule has 100 valence electrons. The fourth-order valence-corrected chi connectivity index (χ4v) is 2.37. The van der Waals surface area contributed by atoms with Crippen LogP contribution < -0.4 is 5.32 Å². The van der Waals surface area contributed by atoms with Crippen molar-refractivity contribution in [1.82, 2.24) is 10.3 Å². The van der Waals surface area contributed by atoms with Crippen molar-refractivity contribution < 1.29 is 0 Å². The van der Waals surface area contributed by atoms with E-state index in [1.807, 2.05) is 18.3 Å². The van der Waals surface area contributed by atoms with E-state index < -0.39 is 0 Å². The van der Waals surface area contributed by atoms with Crippen LogP contribution in [0.3, 0.4) is 0 Å². The molecule has 2 nitrogen and oxygen atoms in total. The summed E-state index contributed by atoms with van der Waals surface area (Å²) in [5, 5.41) is 3.61. The van der Waals surface area contributed by atoms with E-state index in [1.54, 1.807) is 0 Å². The van der Waals surface area contributed by atoms with Crippen LogP contribution in [0.25, 0.3) is 0 Å². The summed E-state index contributed by atoms with van der Waals surface area (Å²) in [6.45, 7) is 6.56. The lowest BCUT2D eigenvalue weighted by atomic mass is 10.0. The third-order valence-electron chi connectivity index (χ3n) is 3.45. The van der Waals surface area contributed by atoms with Crippen LogP contribution >= 0.6 is 0 Å². The molecule has 1 aromatic carbocycles. The Balaban J connectivity index is 1.95. The van der Waals surface area contributed by atoms with Crippen LogP contribution in [0, 0.1) is 6.92 Å². The second-order valence-electron chi connectivity index (χ2n) is 5.17. The summed E-state index contributed by atoms with van der Waals surface area (Å²) in [7, 11) is 0. The van der Waals surface area contributed by atoms with Crippen LogP contribution in [0.5, 0.6) is 0 Å². The van der Waals surface area contributed by atoms with Gasteiger partial charge in [-0.15, -0.1) is 0 Å². The molecule has 0 aliphatic rings. The second kappa shape index (κ2) is 6.48. The lowest BCUT2D eigenvalue weighted by Crippen LogP contribution is -2.31. The highest BCUT2D eigenvalue weighted by Crippen LogP contribution is 2.13. The number of nitrogens with one attached hydrogen (secondary N) is 1. The van der Waals surface area contributed by atoms with Crippen LogP contribution in [0.4, 0.5) is 0 Å². The van der Waals surface area contributed by atoms with E-state index in [2.05, 4.69) is 61.4 Å². The zero-order valence-corrected chi connectivity index (χ0v) is 11.9. The van der Waals surface area contributed by atoms with Gasteiger partial charge in [-0.25, -0.2) is 0 Å². The smallest absolute Gasteiger partial charge is 0.0570 e. The number of pyridine rings is 1. The molecule has 0 saturated carbocycles. The largest absolute Gasteiger partial charge is 0.306 e. The molecule has 0 amide bonds. The van der Waals surface area contributed by atoms with Crippen molar-refractivity contribution in [3.63, 3.8) is 0 Å². The first kappa shape index (κ1) is 13.8. The fourth-order valence-electron chi connectivity index (χ4n) is 2.37. The normalized spacial score (nSPS) is 14.1. The van der Waals surface area contributed by atoms with Gasteiger partial charge in [-0.3, -0.25) is 4.98 Å². The average Bonchev–Trinajstić information content (AvgIpc) is 2.42. The van der Waals surface area contributed by atoms with Crippen LogP contribution in [-0.4, -0.2) is 11.0 Å². The Labute approximate surface area is 115 Å². The Hall–Kier alpha value is -1.67. The number of nitrogens with zero attached hydrogens (tertiary/aromatic N) is 1. The molecule has 2 unspecified atom stereocenters. The topological polar surface area (TPSA) is 24.9 Å². The number of hydrogen-bond donors (Lipinski definition) is 1. The minimum atomic E-state index is 0.278. The van der Waals surface area contributed by atoms with Gasteiger partial charge in [0.1, 0.15) is 0 Å². The lowest BCUT2D eigenvalue weighted by Gasteiger charge is -2.20. The van der Waals surface area contributed by atoms with Crippen molar-refractivity contribution >= 4 is 0 Å². The van der Waals surface area contributed by atoms with E-state index >= 15 is 0 Å². The average molecular weight is 254 g/mol. The van der Waals surface area contributed by atoms with E-state index in [-0.39, 0.29) is 6.04 Å². The van der Waals surface area contributed by atoms with Gasteiger partial charge >= 0.3 is 0 Å². The summed E-state index contributed by atoms with van der Waals surface area (Å²) in [5.74, 6) is 0. The Bertz CT molecular complexity index is 508. The summed E-state index contributed by atoms with van der Waals surface area (Å²) in [4.78, 5) is 4.39. The summed E-state index contributed by atoms with van der Waals surface area (Å²) >= 11 is 0. The zero-order chi connectivity index (χ0) is 13.7. The minimum absolute atomic E-state index is 0.278. The van der Waals surface area contributed by atoms with E-state index in [0.717, 1.165) is 12.1 Å². The van der Waals surface area contributed by atoms with Crippen molar-refractivity contribution in [1.29, 1.82) is 0 Å². The molecule has 19 heavy (non-hydrogen) atoms. The van der Waals surface area contributed by atoms with Gasteiger partial charge in [0.15, 0.2) is 0 Å². The number of hydrogen-bond acceptors (Lipinski definition) is 2. The zero-order valence-electron chi connectivity index (χ0n) is 11.9. The summed E-state index contributed by atoms with van der Waals surface area (Å²) < 4.78 is 0. The molecule has 0 radical (unpaired) electrons. The monoisotopic (exact) mass is 254 g/mol. The SMILES string of the molecule is Cc1ccccc1CC(C)NC(C)c1ccccn1. The van der Waals surface area contributed by atoms with Gasteiger partial charge in [-0.05, 0) is 50.5 Å². The summed E-state index contributed by atoms with van der Waals surface area (Å²) in [5.41, 5.74) is 3.87. The first-order valence-corrected chi connectivity index (χ1v) is 6.88. The van der Waals surface area contributed by atoms with E-state index in [4.69, 9.17) is 0 Å². The van der Waals surface area contributed by atoms with Crippen molar-refractivity contribution in [2.75, 3.05) is 0 Å². The minimum Gasteiger partial charge on any atom is -0.306 e. The fraction of sp³-hybridized carbons (Fsp3) is 0.353. The third kappa shape index (κ3) is 3.90. The number of benzene rings is 1. The van der Waals surface area contributed by atoms with E-state index in [0.29, 0.717) is 6.04 Å².